The van der Waals surface area contributed by atoms with E-state index in [1.54, 1.807) is 0 Å². The molecule has 0 aliphatic heterocycles. The summed E-state index contributed by atoms with van der Waals surface area (Å²) in [6.45, 7) is 13.2. The van der Waals surface area contributed by atoms with Gasteiger partial charge in [0.25, 0.3) is 0 Å². The Morgan fingerprint density at radius 1 is 0.652 bits per heavy atom. The van der Waals surface area contributed by atoms with E-state index in [0.717, 1.165) is 16.7 Å². The van der Waals surface area contributed by atoms with Crippen molar-refractivity contribution >= 4 is 11.4 Å². The highest BCUT2D eigenvalue weighted by molar-refractivity contribution is 5.98. The van der Waals surface area contributed by atoms with Gasteiger partial charge in [-0.05, 0) is 33.1 Å². The smallest absolute Gasteiger partial charge is 0.0524 e. The van der Waals surface area contributed by atoms with Gasteiger partial charge in [-0.1, -0.05) is 95.5 Å². The molecule has 0 aliphatic carbocycles. The lowest BCUT2D eigenvalue weighted by Crippen LogP contribution is -2.11. The Balaban J connectivity index is 2.36. The molecule has 1 radical (unpaired) electrons. The van der Waals surface area contributed by atoms with E-state index in [1.165, 1.54) is 11.1 Å². The van der Waals surface area contributed by atoms with Crippen LogP contribution in [0.3, 0.4) is 0 Å². The quantitative estimate of drug-likeness (QED) is 0.682. The van der Waals surface area contributed by atoms with Crippen molar-refractivity contribution in [3.05, 3.63) is 70.8 Å². The van der Waals surface area contributed by atoms with Crippen LogP contribution in [0.15, 0.2) is 48.5 Å². The number of benzene rings is 2. The molecule has 0 aromatic heterocycles. The average Bonchev–Trinajstić information content (AvgIpc) is 2.47. The second-order valence-corrected chi connectivity index (χ2v) is 8.14. The normalized spacial score (nSPS) is 11.9. The van der Waals surface area contributed by atoms with Gasteiger partial charge in [-0.25, -0.2) is 0 Å². The van der Waals surface area contributed by atoms with Crippen molar-refractivity contribution in [2.45, 2.75) is 52.4 Å². The number of hydrogen-bond acceptors (Lipinski definition) is 0. The first-order valence-corrected chi connectivity index (χ1v) is 8.12. The summed E-state index contributed by atoms with van der Waals surface area (Å²) in [5.41, 5.74) is 5.49. The van der Waals surface area contributed by atoms with Crippen LogP contribution < -0.4 is 5.41 Å². The van der Waals surface area contributed by atoms with Crippen LogP contribution in [0.5, 0.6) is 0 Å². The number of nitrogens with zero attached hydrogens (tertiary/aromatic N) is 1. The first kappa shape index (κ1) is 17.2. The van der Waals surface area contributed by atoms with Crippen LogP contribution in [0.2, 0.25) is 0 Å². The van der Waals surface area contributed by atoms with E-state index in [4.69, 9.17) is 0 Å². The molecule has 119 valence electrons. The van der Waals surface area contributed by atoms with Crippen LogP contribution in [0.1, 0.15) is 63.8 Å². The van der Waals surface area contributed by atoms with Crippen molar-refractivity contribution < 1.29 is 0 Å². The predicted octanol–water partition coefficient (Wildman–Crippen LogP) is 5.18. The molecule has 0 spiro atoms. The van der Waals surface area contributed by atoms with Gasteiger partial charge in [0.1, 0.15) is 0 Å². The van der Waals surface area contributed by atoms with E-state index in [0.29, 0.717) is 0 Å². The maximum absolute atomic E-state index is 9.60. The van der Waals surface area contributed by atoms with Crippen molar-refractivity contribution in [1.82, 2.24) is 5.41 Å². The third-order valence-corrected chi connectivity index (χ3v) is 4.19. The Labute approximate surface area is 140 Å². The first-order chi connectivity index (χ1) is 10.6. The van der Waals surface area contributed by atoms with Gasteiger partial charge < -0.3 is 0 Å². The van der Waals surface area contributed by atoms with Gasteiger partial charge in [-0.2, -0.15) is 0 Å². The van der Waals surface area contributed by atoms with Gasteiger partial charge in [0.05, 0.1) is 5.57 Å². The molecule has 0 fully saturated rings. The molecule has 0 N–H and O–H groups in total. The van der Waals surface area contributed by atoms with Crippen LogP contribution in [0.4, 0.5) is 0 Å². The zero-order valence-corrected chi connectivity index (χ0v) is 15.1. The lowest BCUT2D eigenvalue weighted by atomic mass is 9.84. The van der Waals surface area contributed by atoms with E-state index >= 15 is 0 Å². The zero-order chi connectivity index (χ0) is 17.3. The SMILES string of the molecule is CC(C)(C)c1ccc(C(=C=[N])c2ccc(C(C)(C)C)cc2)cc1. The summed E-state index contributed by atoms with van der Waals surface area (Å²) in [5.74, 6) is 2.37. The minimum Gasteiger partial charge on any atom is -0.0962 e. The van der Waals surface area contributed by atoms with Crippen molar-refractivity contribution in [2.75, 3.05) is 0 Å². The Morgan fingerprint density at radius 2 is 0.957 bits per heavy atom. The Kier molecular flexibility index (Phi) is 4.63. The summed E-state index contributed by atoms with van der Waals surface area (Å²) < 4.78 is 0. The second-order valence-electron chi connectivity index (χ2n) is 8.14. The van der Waals surface area contributed by atoms with Gasteiger partial charge in [-0.3, -0.25) is 0 Å². The fourth-order valence-electron chi connectivity index (χ4n) is 2.57. The van der Waals surface area contributed by atoms with E-state index in [2.05, 4.69) is 95.9 Å². The Bertz CT molecular complexity index is 654. The topological polar surface area (TPSA) is 22.3 Å². The number of rotatable bonds is 2. The molecule has 23 heavy (non-hydrogen) atoms. The molecule has 0 amide bonds. The molecule has 2 aromatic rings. The second kappa shape index (κ2) is 6.18. The molecule has 0 unspecified atom stereocenters. The van der Waals surface area contributed by atoms with Crippen LogP contribution in [0, 0.1) is 0 Å². The molecule has 1 heteroatoms. The summed E-state index contributed by atoms with van der Waals surface area (Å²) in [7, 11) is 0. The molecule has 0 atom stereocenters. The van der Waals surface area contributed by atoms with Crippen molar-refractivity contribution in [3.8, 4) is 0 Å². The predicted molar refractivity (Wildman–Crippen MR) is 99.9 cm³/mol. The highest BCUT2D eigenvalue weighted by atomic mass is 14.3. The van der Waals surface area contributed by atoms with Gasteiger partial charge in [0.2, 0.25) is 0 Å². The van der Waals surface area contributed by atoms with Crippen LogP contribution in [-0.4, -0.2) is 5.87 Å². The maximum atomic E-state index is 9.60. The van der Waals surface area contributed by atoms with Crippen LogP contribution >= 0.6 is 0 Å². The fraction of sp³-hybridized carbons (Fsp3) is 0.364. The van der Waals surface area contributed by atoms with Gasteiger partial charge >= 0.3 is 0 Å². The van der Waals surface area contributed by atoms with Crippen molar-refractivity contribution in [1.29, 1.82) is 0 Å². The average molecular weight is 304 g/mol. The largest absolute Gasteiger partial charge is 0.0962 e. The Hall–Kier alpha value is -2.11. The third kappa shape index (κ3) is 4.00. The van der Waals surface area contributed by atoms with E-state index in [9.17, 15) is 5.41 Å². The molecule has 0 saturated carbocycles. The lowest BCUT2D eigenvalue weighted by molar-refractivity contribution is 0.590. The summed E-state index contributed by atoms with van der Waals surface area (Å²) in [6, 6.07) is 16.7. The van der Waals surface area contributed by atoms with Crippen LogP contribution in [0.25, 0.3) is 5.57 Å². The van der Waals surface area contributed by atoms with Crippen LogP contribution in [-0.2, 0) is 10.8 Å². The van der Waals surface area contributed by atoms with E-state index in [1.807, 2.05) is 0 Å². The van der Waals surface area contributed by atoms with Gasteiger partial charge in [-0.15, -0.1) is 0 Å². The van der Waals surface area contributed by atoms with E-state index in [-0.39, 0.29) is 10.8 Å². The molecular formula is C22H26N. The standard InChI is InChI=1S/C22H26N/c1-21(2,3)18-11-7-16(8-12-18)20(15-23)17-9-13-19(14-10-17)22(4,5)6/h7-14H,1-6H3. The van der Waals surface area contributed by atoms with Crippen molar-refractivity contribution in [3.63, 3.8) is 0 Å². The Morgan fingerprint density at radius 3 is 1.17 bits per heavy atom. The monoisotopic (exact) mass is 304 g/mol. The highest BCUT2D eigenvalue weighted by Crippen LogP contribution is 2.28. The molecule has 0 saturated heterocycles. The molecular weight excluding hydrogens is 278 g/mol. The van der Waals surface area contributed by atoms with Gasteiger partial charge in [0.15, 0.2) is 0 Å². The molecule has 1 nitrogen and oxygen atoms in total. The third-order valence-electron chi connectivity index (χ3n) is 4.19. The summed E-state index contributed by atoms with van der Waals surface area (Å²) in [5, 5.41) is 9.60. The minimum absolute atomic E-state index is 0.125. The molecule has 2 rings (SSSR count). The van der Waals surface area contributed by atoms with Crippen molar-refractivity contribution in [2.24, 2.45) is 0 Å². The summed E-state index contributed by atoms with van der Waals surface area (Å²) in [4.78, 5) is 0. The lowest BCUT2D eigenvalue weighted by Gasteiger charge is -2.20. The molecule has 0 aliphatic rings. The number of hydrogen-bond donors (Lipinski definition) is 0. The molecule has 2 aromatic carbocycles. The zero-order valence-electron chi connectivity index (χ0n) is 15.1. The fourth-order valence-corrected chi connectivity index (χ4v) is 2.57. The first-order valence-electron chi connectivity index (χ1n) is 8.12. The molecule has 0 heterocycles. The van der Waals surface area contributed by atoms with E-state index < -0.39 is 0 Å². The summed E-state index contributed by atoms with van der Waals surface area (Å²) >= 11 is 0. The highest BCUT2D eigenvalue weighted by Gasteiger charge is 2.15. The molecule has 0 bridgehead atoms. The minimum atomic E-state index is 0.125. The maximum Gasteiger partial charge on any atom is 0.0524 e. The summed E-state index contributed by atoms with van der Waals surface area (Å²) in [6.07, 6.45) is 0. The van der Waals surface area contributed by atoms with Gasteiger partial charge in [0, 0.05) is 5.87 Å².